The summed E-state index contributed by atoms with van der Waals surface area (Å²) in [5, 5.41) is 0. The van der Waals surface area contributed by atoms with Crippen molar-refractivity contribution in [2.75, 3.05) is 13.2 Å². The molecule has 3 rings (SSSR count). The van der Waals surface area contributed by atoms with E-state index in [4.69, 9.17) is 14.2 Å². The number of hydrogen-bond acceptors (Lipinski definition) is 3. The van der Waals surface area contributed by atoms with Crippen LogP contribution in [0.25, 0.3) is 0 Å². The Labute approximate surface area is 88.3 Å². The Morgan fingerprint density at radius 2 is 1.87 bits per heavy atom. The van der Waals surface area contributed by atoms with E-state index in [0.29, 0.717) is 6.61 Å². The lowest BCUT2D eigenvalue weighted by molar-refractivity contribution is -0.131. The fourth-order valence-corrected chi connectivity index (χ4v) is 1.62. The van der Waals surface area contributed by atoms with Crippen molar-refractivity contribution in [2.24, 2.45) is 0 Å². The molecule has 0 saturated carbocycles. The lowest BCUT2D eigenvalue weighted by Gasteiger charge is -2.24. The van der Waals surface area contributed by atoms with E-state index in [0.717, 1.165) is 17.9 Å². The van der Waals surface area contributed by atoms with Crippen LogP contribution in [0.1, 0.15) is 11.9 Å². The molecular formula is C12H12O3. The van der Waals surface area contributed by atoms with Gasteiger partial charge in [0, 0.05) is 5.56 Å². The second kappa shape index (κ2) is 3.68. The van der Waals surface area contributed by atoms with Crippen molar-refractivity contribution < 1.29 is 14.2 Å². The van der Waals surface area contributed by atoms with Crippen molar-refractivity contribution in [2.45, 2.75) is 12.4 Å². The van der Waals surface area contributed by atoms with E-state index in [1.54, 1.807) is 0 Å². The Hall–Kier alpha value is -1.32. The van der Waals surface area contributed by atoms with Gasteiger partial charge in [0.25, 0.3) is 0 Å². The Kier molecular flexibility index (Phi) is 2.19. The van der Waals surface area contributed by atoms with Gasteiger partial charge in [-0.2, -0.15) is 0 Å². The summed E-state index contributed by atoms with van der Waals surface area (Å²) in [6, 6.07) is 9.94. The first kappa shape index (κ1) is 8.95. The molecule has 2 unspecified atom stereocenters. The molecule has 3 heteroatoms. The minimum atomic E-state index is -0.282. The molecular weight excluding hydrogens is 192 g/mol. The van der Waals surface area contributed by atoms with Crippen LogP contribution in [0.4, 0.5) is 0 Å². The topological polar surface area (TPSA) is 31.0 Å². The zero-order chi connectivity index (χ0) is 10.1. The quantitative estimate of drug-likeness (QED) is 0.690. The first-order chi connectivity index (χ1) is 7.43. The molecule has 1 aromatic rings. The summed E-state index contributed by atoms with van der Waals surface area (Å²) in [7, 11) is 0. The third kappa shape index (κ3) is 1.89. The number of epoxide rings is 1. The van der Waals surface area contributed by atoms with Gasteiger partial charge in [0.2, 0.25) is 6.29 Å². The van der Waals surface area contributed by atoms with Gasteiger partial charge in [-0.25, -0.2) is 0 Å². The van der Waals surface area contributed by atoms with E-state index in [2.05, 4.69) is 0 Å². The normalized spacial score (nSPS) is 29.2. The molecule has 0 amide bonds. The molecule has 1 fully saturated rings. The molecule has 78 valence electrons. The smallest absolute Gasteiger partial charge is 0.226 e. The number of rotatable bonds is 2. The first-order valence-electron chi connectivity index (χ1n) is 5.08. The van der Waals surface area contributed by atoms with Crippen molar-refractivity contribution in [3.63, 3.8) is 0 Å². The summed E-state index contributed by atoms with van der Waals surface area (Å²) in [5.74, 6) is 0.912. The van der Waals surface area contributed by atoms with Crippen LogP contribution in [0.3, 0.4) is 0 Å². The molecule has 0 aliphatic carbocycles. The van der Waals surface area contributed by atoms with E-state index in [9.17, 15) is 0 Å². The Morgan fingerprint density at radius 3 is 2.60 bits per heavy atom. The van der Waals surface area contributed by atoms with Crippen molar-refractivity contribution in [3.05, 3.63) is 47.7 Å². The van der Waals surface area contributed by atoms with Crippen LogP contribution < -0.4 is 0 Å². The van der Waals surface area contributed by atoms with Gasteiger partial charge in [-0.3, -0.25) is 0 Å². The first-order valence-corrected chi connectivity index (χ1v) is 5.08. The van der Waals surface area contributed by atoms with Gasteiger partial charge in [0.15, 0.2) is 0 Å². The van der Waals surface area contributed by atoms with Crippen molar-refractivity contribution >= 4 is 0 Å². The highest BCUT2D eigenvalue weighted by molar-refractivity contribution is 5.18. The van der Waals surface area contributed by atoms with E-state index in [-0.39, 0.29) is 12.4 Å². The average molecular weight is 204 g/mol. The van der Waals surface area contributed by atoms with Crippen LogP contribution in [-0.4, -0.2) is 19.3 Å². The number of benzene rings is 1. The zero-order valence-corrected chi connectivity index (χ0v) is 8.26. The third-order valence-electron chi connectivity index (χ3n) is 2.50. The molecule has 0 bridgehead atoms. The van der Waals surface area contributed by atoms with Crippen LogP contribution in [0.5, 0.6) is 0 Å². The monoisotopic (exact) mass is 204 g/mol. The molecule has 1 aromatic carbocycles. The third-order valence-corrected chi connectivity index (χ3v) is 2.50. The minimum absolute atomic E-state index is 0.167. The lowest BCUT2D eigenvalue weighted by Crippen LogP contribution is -2.16. The van der Waals surface area contributed by atoms with Crippen LogP contribution >= 0.6 is 0 Å². The van der Waals surface area contributed by atoms with Crippen molar-refractivity contribution in [1.82, 2.24) is 0 Å². The highest BCUT2D eigenvalue weighted by Crippen LogP contribution is 2.31. The highest BCUT2D eigenvalue weighted by Gasteiger charge is 2.33. The van der Waals surface area contributed by atoms with Crippen LogP contribution in [0.2, 0.25) is 0 Å². The maximum Gasteiger partial charge on any atom is 0.226 e. The molecule has 0 radical (unpaired) electrons. The molecule has 2 aliphatic heterocycles. The van der Waals surface area contributed by atoms with E-state index in [1.165, 1.54) is 0 Å². The second-order valence-electron chi connectivity index (χ2n) is 3.62. The predicted octanol–water partition coefficient (Wildman–Crippen LogP) is 2.01. The Morgan fingerprint density at radius 1 is 1.07 bits per heavy atom. The van der Waals surface area contributed by atoms with Crippen molar-refractivity contribution in [1.29, 1.82) is 0 Å². The second-order valence-corrected chi connectivity index (χ2v) is 3.62. The number of hydrogen-bond donors (Lipinski definition) is 0. The van der Waals surface area contributed by atoms with Crippen LogP contribution in [0, 0.1) is 0 Å². The van der Waals surface area contributed by atoms with Gasteiger partial charge in [0.05, 0.1) is 13.2 Å². The van der Waals surface area contributed by atoms with Gasteiger partial charge < -0.3 is 14.2 Å². The predicted molar refractivity (Wildman–Crippen MR) is 54.0 cm³/mol. The van der Waals surface area contributed by atoms with Gasteiger partial charge in [0.1, 0.15) is 11.9 Å². The van der Waals surface area contributed by atoms with Crippen LogP contribution in [-0.2, 0) is 14.2 Å². The molecule has 0 spiro atoms. The van der Waals surface area contributed by atoms with E-state index < -0.39 is 0 Å². The van der Waals surface area contributed by atoms with Gasteiger partial charge in [-0.05, 0) is 6.08 Å². The molecule has 2 atom stereocenters. The fourth-order valence-electron chi connectivity index (χ4n) is 1.62. The zero-order valence-electron chi connectivity index (χ0n) is 8.26. The molecule has 3 nitrogen and oxygen atoms in total. The maximum absolute atomic E-state index is 5.71. The van der Waals surface area contributed by atoms with E-state index in [1.807, 2.05) is 36.4 Å². The molecule has 0 aromatic heterocycles. The fraction of sp³-hybridized carbons (Fsp3) is 0.333. The molecule has 0 N–H and O–H groups in total. The highest BCUT2D eigenvalue weighted by atomic mass is 16.7. The summed E-state index contributed by atoms with van der Waals surface area (Å²) >= 11 is 0. The van der Waals surface area contributed by atoms with Gasteiger partial charge in [-0.1, -0.05) is 30.3 Å². The minimum Gasteiger partial charge on any atom is -0.462 e. The number of ether oxygens (including phenoxy) is 3. The molecule has 2 heterocycles. The van der Waals surface area contributed by atoms with Gasteiger partial charge >= 0.3 is 0 Å². The lowest BCUT2D eigenvalue weighted by atomic mass is 10.2. The molecule has 15 heavy (non-hydrogen) atoms. The average Bonchev–Trinajstić information content (AvgIpc) is 3.14. The summed E-state index contributed by atoms with van der Waals surface area (Å²) in [5.41, 5.74) is 1.05. The van der Waals surface area contributed by atoms with Crippen molar-refractivity contribution in [3.8, 4) is 0 Å². The summed E-state index contributed by atoms with van der Waals surface area (Å²) < 4.78 is 16.4. The summed E-state index contributed by atoms with van der Waals surface area (Å²) in [6.07, 6.45) is 1.83. The van der Waals surface area contributed by atoms with Crippen LogP contribution in [0.15, 0.2) is 42.2 Å². The maximum atomic E-state index is 5.71. The Bertz CT molecular complexity index is 368. The van der Waals surface area contributed by atoms with E-state index >= 15 is 0 Å². The Balaban J connectivity index is 1.76. The SMILES string of the molecule is C1=C(C2CO2)OC(c2ccccc2)OC1. The molecule has 2 aliphatic rings. The summed E-state index contributed by atoms with van der Waals surface area (Å²) in [6.45, 7) is 1.36. The largest absolute Gasteiger partial charge is 0.462 e. The van der Waals surface area contributed by atoms with Gasteiger partial charge in [-0.15, -0.1) is 0 Å². The molecule has 1 saturated heterocycles. The standard InChI is InChI=1S/C12H12O3/c1-2-4-9(5-3-1)12-13-7-6-10(15-12)11-8-14-11/h1-6,11-12H,7-8H2. The summed E-state index contributed by atoms with van der Waals surface area (Å²) in [4.78, 5) is 0.